The van der Waals surface area contributed by atoms with Crippen LogP contribution in [0, 0.1) is 11.3 Å². The van der Waals surface area contributed by atoms with Gasteiger partial charge in [0, 0.05) is 11.1 Å². The summed E-state index contributed by atoms with van der Waals surface area (Å²) in [6.45, 7) is 0. The number of rotatable bonds is 3. The van der Waals surface area contributed by atoms with Crippen molar-refractivity contribution in [1.82, 2.24) is 9.97 Å². The van der Waals surface area contributed by atoms with Crippen molar-refractivity contribution in [2.75, 3.05) is 5.32 Å². The normalized spacial score (nSPS) is 14.5. The fourth-order valence-electron chi connectivity index (χ4n) is 2.68. The van der Waals surface area contributed by atoms with Crippen molar-refractivity contribution in [1.29, 1.82) is 5.26 Å². The molecule has 3 aromatic rings. The van der Waals surface area contributed by atoms with Gasteiger partial charge in [0.2, 0.25) is 0 Å². The fourth-order valence-corrected chi connectivity index (χ4v) is 4.63. The Morgan fingerprint density at radius 3 is 2.87 bits per heavy atom. The molecule has 2 heterocycles. The minimum Gasteiger partial charge on any atom is -0.337 e. The van der Waals surface area contributed by atoms with Crippen LogP contribution < -0.4 is 5.32 Å². The van der Waals surface area contributed by atoms with Gasteiger partial charge in [-0.15, -0.1) is 22.7 Å². The lowest BCUT2D eigenvalue weighted by atomic mass is 10.0. The molecular formula is C17H14N4S2. The van der Waals surface area contributed by atoms with Crippen LogP contribution in [-0.2, 0) is 12.8 Å². The Labute approximate surface area is 142 Å². The summed E-state index contributed by atoms with van der Waals surface area (Å²) >= 11 is 3.23. The molecule has 6 heteroatoms. The topological polar surface area (TPSA) is 61.6 Å². The van der Waals surface area contributed by atoms with E-state index in [0.717, 1.165) is 33.2 Å². The number of benzene rings is 1. The van der Waals surface area contributed by atoms with Gasteiger partial charge in [-0.1, -0.05) is 12.1 Å². The molecule has 1 aromatic carbocycles. The van der Waals surface area contributed by atoms with Gasteiger partial charge < -0.3 is 5.32 Å². The Morgan fingerprint density at radius 1 is 1.17 bits per heavy atom. The van der Waals surface area contributed by atoms with Gasteiger partial charge in [-0.2, -0.15) is 5.26 Å². The summed E-state index contributed by atoms with van der Waals surface area (Å²) in [4.78, 5) is 10.5. The van der Waals surface area contributed by atoms with Gasteiger partial charge in [-0.3, -0.25) is 0 Å². The van der Waals surface area contributed by atoms with E-state index in [2.05, 4.69) is 21.4 Å². The Kier molecular flexibility index (Phi) is 3.82. The lowest BCUT2D eigenvalue weighted by Gasteiger charge is -2.06. The van der Waals surface area contributed by atoms with Crippen LogP contribution in [0.5, 0.6) is 0 Å². The van der Waals surface area contributed by atoms with Crippen LogP contribution in [0.4, 0.5) is 5.13 Å². The number of aryl methyl sites for hydroxylation is 2. The van der Waals surface area contributed by atoms with Crippen LogP contribution in [0.1, 0.15) is 28.4 Å². The number of nitrogens with one attached hydrogen (secondary N) is 1. The first kappa shape index (κ1) is 14.4. The minimum atomic E-state index is 0.541. The number of allylic oxidation sites excluding steroid dienone is 1. The number of aromatic nitrogens is 2. The average molecular weight is 338 g/mol. The molecule has 1 aliphatic rings. The second kappa shape index (κ2) is 6.11. The molecule has 4 rings (SSSR count). The number of anilines is 1. The Hall–Kier alpha value is -2.23. The lowest BCUT2D eigenvalue weighted by molar-refractivity contribution is 0.683. The molecular weight excluding hydrogens is 324 g/mol. The molecule has 1 N–H and O–H groups in total. The third-order valence-electron chi connectivity index (χ3n) is 3.83. The zero-order valence-electron chi connectivity index (χ0n) is 12.4. The third kappa shape index (κ3) is 2.85. The summed E-state index contributed by atoms with van der Waals surface area (Å²) in [6, 6.07) is 10.2. The Morgan fingerprint density at radius 2 is 2.04 bits per heavy atom. The maximum absolute atomic E-state index is 9.44. The van der Waals surface area contributed by atoms with Crippen LogP contribution in [0.3, 0.4) is 0 Å². The molecule has 23 heavy (non-hydrogen) atoms. The van der Waals surface area contributed by atoms with Crippen LogP contribution >= 0.6 is 22.7 Å². The number of thiazole rings is 2. The van der Waals surface area contributed by atoms with Crippen molar-refractivity contribution in [3.8, 4) is 6.07 Å². The number of hydrogen-bond donors (Lipinski definition) is 1. The van der Waals surface area contributed by atoms with Crippen LogP contribution in [-0.4, -0.2) is 9.97 Å². The van der Waals surface area contributed by atoms with Crippen molar-refractivity contribution >= 4 is 43.6 Å². The highest BCUT2D eigenvalue weighted by Crippen LogP contribution is 2.30. The molecule has 0 atom stereocenters. The summed E-state index contributed by atoms with van der Waals surface area (Å²) < 4.78 is 1.09. The first-order chi connectivity index (χ1) is 11.3. The molecule has 4 nitrogen and oxygen atoms in total. The van der Waals surface area contributed by atoms with Gasteiger partial charge in [0.05, 0.1) is 15.9 Å². The van der Waals surface area contributed by atoms with E-state index in [1.807, 2.05) is 24.3 Å². The molecule has 0 radical (unpaired) electrons. The number of nitrogens with zero attached hydrogens (tertiary/aromatic N) is 3. The van der Waals surface area contributed by atoms with E-state index in [4.69, 9.17) is 0 Å². The Balaban J connectivity index is 1.60. The highest BCUT2D eigenvalue weighted by Gasteiger charge is 2.15. The second-order valence-electron chi connectivity index (χ2n) is 5.40. The van der Waals surface area contributed by atoms with E-state index in [1.54, 1.807) is 17.5 Å². The molecule has 0 amide bonds. The van der Waals surface area contributed by atoms with Crippen molar-refractivity contribution in [2.45, 2.75) is 25.7 Å². The monoisotopic (exact) mass is 338 g/mol. The standard InChI is InChI=1S/C17H14N4S2/c18-9-11(16-20-12-5-1-3-7-14(12)22-16)10-19-17-21-13-6-2-4-8-15(13)23-17/h1,3,5,7,10H,2,4,6,8H2,(H,19,21)/b11-10+. The SMILES string of the molecule is N#C/C(=C\Nc1nc2c(s1)CCCC2)c1nc2ccccc2s1. The summed E-state index contributed by atoms with van der Waals surface area (Å²) in [6.07, 6.45) is 6.39. The van der Waals surface area contributed by atoms with Crippen molar-refractivity contribution < 1.29 is 0 Å². The van der Waals surface area contributed by atoms with Crippen molar-refractivity contribution in [3.05, 3.63) is 46.0 Å². The van der Waals surface area contributed by atoms with E-state index in [-0.39, 0.29) is 0 Å². The molecule has 1 aliphatic carbocycles. The average Bonchev–Trinajstić information content (AvgIpc) is 3.18. The molecule has 0 unspecified atom stereocenters. The van der Waals surface area contributed by atoms with Crippen molar-refractivity contribution in [3.63, 3.8) is 0 Å². The molecule has 0 bridgehead atoms. The Bertz CT molecular complexity index is 873. The number of fused-ring (bicyclic) bond motifs is 2. The lowest BCUT2D eigenvalue weighted by Crippen LogP contribution is -1.99. The van der Waals surface area contributed by atoms with E-state index in [1.165, 1.54) is 34.7 Å². The smallest absolute Gasteiger partial charge is 0.187 e. The second-order valence-corrected chi connectivity index (χ2v) is 7.51. The van der Waals surface area contributed by atoms with Gasteiger partial charge in [0.1, 0.15) is 16.6 Å². The van der Waals surface area contributed by atoms with E-state index in [9.17, 15) is 5.26 Å². The summed E-state index contributed by atoms with van der Waals surface area (Å²) in [5.41, 5.74) is 2.69. The quantitative estimate of drug-likeness (QED) is 0.709. The maximum atomic E-state index is 9.44. The summed E-state index contributed by atoms with van der Waals surface area (Å²) in [5.74, 6) is 0. The number of hydrogen-bond acceptors (Lipinski definition) is 6. The predicted molar refractivity (Wildman–Crippen MR) is 95.6 cm³/mol. The zero-order chi connectivity index (χ0) is 15.6. The molecule has 0 saturated carbocycles. The molecule has 114 valence electrons. The summed E-state index contributed by atoms with van der Waals surface area (Å²) in [5, 5.41) is 14.2. The fraction of sp³-hybridized carbons (Fsp3) is 0.235. The van der Waals surface area contributed by atoms with Crippen molar-refractivity contribution in [2.24, 2.45) is 0 Å². The molecule has 2 aromatic heterocycles. The summed E-state index contributed by atoms with van der Waals surface area (Å²) in [7, 11) is 0. The van der Waals surface area contributed by atoms with E-state index in [0.29, 0.717) is 5.57 Å². The van der Waals surface area contributed by atoms with E-state index >= 15 is 0 Å². The largest absolute Gasteiger partial charge is 0.337 e. The van der Waals surface area contributed by atoms with Crippen LogP contribution in [0.2, 0.25) is 0 Å². The van der Waals surface area contributed by atoms with Crippen LogP contribution in [0.25, 0.3) is 15.8 Å². The molecule has 0 aliphatic heterocycles. The number of nitriles is 1. The first-order valence-electron chi connectivity index (χ1n) is 7.55. The molecule has 0 spiro atoms. The maximum Gasteiger partial charge on any atom is 0.187 e. The van der Waals surface area contributed by atoms with Gasteiger partial charge >= 0.3 is 0 Å². The van der Waals surface area contributed by atoms with Gasteiger partial charge in [-0.25, -0.2) is 9.97 Å². The first-order valence-corrected chi connectivity index (χ1v) is 9.18. The van der Waals surface area contributed by atoms with Gasteiger partial charge in [0.15, 0.2) is 5.13 Å². The third-order valence-corrected chi connectivity index (χ3v) is 5.99. The number of para-hydroxylation sites is 1. The molecule has 0 fully saturated rings. The van der Waals surface area contributed by atoms with Gasteiger partial charge in [0.25, 0.3) is 0 Å². The van der Waals surface area contributed by atoms with Gasteiger partial charge in [-0.05, 0) is 37.8 Å². The van der Waals surface area contributed by atoms with Crippen LogP contribution in [0.15, 0.2) is 30.5 Å². The highest BCUT2D eigenvalue weighted by atomic mass is 32.1. The zero-order valence-corrected chi connectivity index (χ0v) is 14.0. The van der Waals surface area contributed by atoms with E-state index < -0.39 is 0 Å². The highest BCUT2D eigenvalue weighted by molar-refractivity contribution is 7.19. The predicted octanol–water partition coefficient (Wildman–Crippen LogP) is 4.61. The minimum absolute atomic E-state index is 0.541. The molecule has 0 saturated heterocycles.